The van der Waals surface area contributed by atoms with E-state index in [9.17, 15) is 9.59 Å². The maximum Gasteiger partial charge on any atom is 0.404 e. The fourth-order valence-corrected chi connectivity index (χ4v) is 5.07. The van der Waals surface area contributed by atoms with Gasteiger partial charge in [-0.1, -0.05) is 91.0 Å². The Morgan fingerprint density at radius 3 is 1.92 bits per heavy atom. The zero-order chi connectivity index (χ0) is 26.5. The maximum atomic E-state index is 13.2. The number of carbonyl (C=O) groups is 2. The van der Waals surface area contributed by atoms with E-state index in [0.29, 0.717) is 31.0 Å². The summed E-state index contributed by atoms with van der Waals surface area (Å²) >= 11 is 0. The molecule has 4 aromatic rings. The number of urea groups is 1. The summed E-state index contributed by atoms with van der Waals surface area (Å²) in [5.41, 5.74) is 2.81. The van der Waals surface area contributed by atoms with Crippen molar-refractivity contribution >= 4 is 23.6 Å². The second-order valence-corrected chi connectivity index (χ2v) is 9.31. The summed E-state index contributed by atoms with van der Waals surface area (Å²) < 4.78 is 1.71. The highest BCUT2D eigenvalue weighted by molar-refractivity contribution is 5.93. The molecule has 0 bridgehead atoms. The molecule has 38 heavy (non-hydrogen) atoms. The van der Waals surface area contributed by atoms with Crippen molar-refractivity contribution in [2.24, 2.45) is 7.05 Å². The summed E-state index contributed by atoms with van der Waals surface area (Å²) in [5, 5.41) is 22.7. The van der Waals surface area contributed by atoms with Crippen LogP contribution in [-0.2, 0) is 12.6 Å². The molecule has 1 unspecified atom stereocenters. The summed E-state index contributed by atoms with van der Waals surface area (Å²) in [6, 6.07) is 30.0. The van der Waals surface area contributed by atoms with Gasteiger partial charge in [0.15, 0.2) is 0 Å². The topological polar surface area (TPSA) is 112 Å². The number of aryl methyl sites for hydroxylation is 1. The van der Waals surface area contributed by atoms with Gasteiger partial charge in [0, 0.05) is 20.1 Å². The van der Waals surface area contributed by atoms with Crippen molar-refractivity contribution in [2.75, 3.05) is 23.7 Å². The first kappa shape index (κ1) is 24.9. The molecule has 1 aliphatic rings. The number of amides is 3. The Morgan fingerprint density at radius 1 is 0.895 bits per heavy atom. The fourth-order valence-electron chi connectivity index (χ4n) is 5.07. The molecule has 5 rings (SSSR count). The Morgan fingerprint density at radius 2 is 1.42 bits per heavy atom. The standard InChI is InChI=1S/C29H30N6O3/c1-34-26(25(19-30-34)32-27(36)35-18-17-24(20-35)31-28(37)38)33-29(21-11-5-2-6-12-21,22-13-7-3-8-14-22)23-15-9-4-10-16-23/h2-16,19,24,31,33H,17-18,20H2,1H3,(H,32,36)(H,37,38). The van der Waals surface area contributed by atoms with Gasteiger partial charge in [-0.25, -0.2) is 9.59 Å². The molecular weight excluding hydrogens is 480 g/mol. The van der Waals surface area contributed by atoms with Crippen molar-refractivity contribution in [3.05, 3.63) is 114 Å². The number of hydrogen-bond donors (Lipinski definition) is 4. The van der Waals surface area contributed by atoms with Crippen molar-refractivity contribution in [2.45, 2.75) is 18.0 Å². The van der Waals surface area contributed by atoms with E-state index >= 15 is 0 Å². The van der Waals surface area contributed by atoms with Crippen LogP contribution in [0.4, 0.5) is 21.1 Å². The van der Waals surface area contributed by atoms with Crippen LogP contribution in [0.5, 0.6) is 0 Å². The van der Waals surface area contributed by atoms with E-state index in [1.807, 2.05) is 61.6 Å². The molecule has 2 heterocycles. The quantitative estimate of drug-likeness (QED) is 0.269. The van der Waals surface area contributed by atoms with Crippen molar-refractivity contribution in [3.63, 3.8) is 0 Å². The molecule has 1 atom stereocenters. The molecule has 0 spiro atoms. The van der Waals surface area contributed by atoms with Crippen LogP contribution in [0.1, 0.15) is 23.1 Å². The lowest BCUT2D eigenvalue weighted by Gasteiger charge is -2.38. The van der Waals surface area contributed by atoms with Gasteiger partial charge in [0.25, 0.3) is 0 Å². The molecule has 4 N–H and O–H groups in total. The number of rotatable bonds is 7. The largest absolute Gasteiger partial charge is 0.465 e. The second-order valence-electron chi connectivity index (χ2n) is 9.31. The predicted molar refractivity (Wildman–Crippen MR) is 146 cm³/mol. The number of benzene rings is 3. The van der Waals surface area contributed by atoms with Crippen LogP contribution in [0, 0.1) is 0 Å². The van der Waals surface area contributed by atoms with Gasteiger partial charge in [0.2, 0.25) is 0 Å². The molecule has 9 nitrogen and oxygen atoms in total. The first-order valence-corrected chi connectivity index (χ1v) is 12.5. The van der Waals surface area contributed by atoms with E-state index in [1.165, 1.54) is 0 Å². The number of carboxylic acid groups (broad SMARTS) is 1. The number of anilines is 2. The van der Waals surface area contributed by atoms with Gasteiger partial charge < -0.3 is 26.0 Å². The van der Waals surface area contributed by atoms with Crippen LogP contribution in [0.3, 0.4) is 0 Å². The highest BCUT2D eigenvalue weighted by Crippen LogP contribution is 2.41. The molecule has 0 saturated carbocycles. The summed E-state index contributed by atoms with van der Waals surface area (Å²) in [7, 11) is 1.83. The maximum absolute atomic E-state index is 13.2. The Kier molecular flexibility index (Phi) is 6.99. The predicted octanol–water partition coefficient (Wildman–Crippen LogP) is 4.70. The van der Waals surface area contributed by atoms with Crippen molar-refractivity contribution < 1.29 is 14.7 Å². The third kappa shape index (κ3) is 4.90. The van der Waals surface area contributed by atoms with E-state index in [4.69, 9.17) is 5.11 Å². The first-order valence-electron chi connectivity index (χ1n) is 12.5. The molecule has 0 aliphatic carbocycles. The number of hydrogen-bond acceptors (Lipinski definition) is 4. The minimum absolute atomic E-state index is 0.286. The first-order chi connectivity index (χ1) is 18.5. The van der Waals surface area contributed by atoms with Crippen molar-refractivity contribution in [1.82, 2.24) is 20.0 Å². The molecule has 3 amide bonds. The van der Waals surface area contributed by atoms with E-state index < -0.39 is 11.6 Å². The van der Waals surface area contributed by atoms with Crippen molar-refractivity contribution in [1.29, 1.82) is 0 Å². The highest BCUT2D eigenvalue weighted by Gasteiger charge is 2.38. The molecular formula is C29H30N6O3. The molecule has 0 radical (unpaired) electrons. The van der Waals surface area contributed by atoms with Gasteiger partial charge >= 0.3 is 12.1 Å². The van der Waals surface area contributed by atoms with Gasteiger partial charge in [-0.2, -0.15) is 5.10 Å². The SMILES string of the molecule is Cn1ncc(NC(=O)N2CCC(NC(=O)O)C2)c1NC(c1ccccc1)(c1ccccc1)c1ccccc1. The number of nitrogens with zero attached hydrogens (tertiary/aromatic N) is 3. The Labute approximate surface area is 221 Å². The summed E-state index contributed by atoms with van der Waals surface area (Å²) in [4.78, 5) is 25.8. The number of likely N-dealkylation sites (tertiary alicyclic amines) is 1. The van der Waals surface area contributed by atoms with Crippen LogP contribution in [0.25, 0.3) is 0 Å². The molecule has 1 fully saturated rings. The summed E-state index contributed by atoms with van der Waals surface area (Å²) in [6.07, 6.45) is 1.10. The highest BCUT2D eigenvalue weighted by atomic mass is 16.4. The Bertz CT molecular complexity index is 1300. The van der Waals surface area contributed by atoms with Crippen LogP contribution in [0.2, 0.25) is 0 Å². The van der Waals surface area contributed by atoms with Crippen LogP contribution in [0.15, 0.2) is 97.2 Å². The van der Waals surface area contributed by atoms with E-state index in [0.717, 1.165) is 16.7 Å². The summed E-state index contributed by atoms with van der Waals surface area (Å²) in [6.45, 7) is 0.769. The lowest BCUT2D eigenvalue weighted by Crippen LogP contribution is -2.40. The van der Waals surface area contributed by atoms with Gasteiger partial charge in [-0.3, -0.25) is 4.68 Å². The third-order valence-electron chi connectivity index (χ3n) is 6.91. The van der Waals surface area contributed by atoms with Crippen molar-refractivity contribution in [3.8, 4) is 0 Å². The van der Waals surface area contributed by atoms with E-state index in [-0.39, 0.29) is 12.1 Å². The molecule has 1 saturated heterocycles. The average molecular weight is 511 g/mol. The molecule has 9 heteroatoms. The smallest absolute Gasteiger partial charge is 0.404 e. The second kappa shape index (κ2) is 10.7. The van der Waals surface area contributed by atoms with Crippen LogP contribution < -0.4 is 16.0 Å². The van der Waals surface area contributed by atoms with Gasteiger partial charge in [-0.05, 0) is 23.1 Å². The zero-order valence-electron chi connectivity index (χ0n) is 21.0. The van der Waals surface area contributed by atoms with Crippen LogP contribution >= 0.6 is 0 Å². The lowest BCUT2D eigenvalue weighted by molar-refractivity contribution is 0.189. The van der Waals surface area contributed by atoms with Gasteiger partial charge in [0.1, 0.15) is 17.0 Å². The Hall–Kier alpha value is -4.79. The normalized spacial score (nSPS) is 15.2. The third-order valence-corrected chi connectivity index (χ3v) is 6.91. The molecule has 3 aromatic carbocycles. The number of nitrogens with one attached hydrogen (secondary N) is 3. The molecule has 1 aliphatic heterocycles. The lowest BCUT2D eigenvalue weighted by atomic mass is 9.77. The minimum atomic E-state index is -1.09. The van der Waals surface area contributed by atoms with E-state index in [2.05, 4.69) is 57.4 Å². The number of carbonyl (C=O) groups excluding carboxylic acids is 1. The van der Waals surface area contributed by atoms with Gasteiger partial charge in [0.05, 0.1) is 12.2 Å². The monoisotopic (exact) mass is 510 g/mol. The summed E-state index contributed by atoms with van der Waals surface area (Å²) in [5.74, 6) is 0.634. The van der Waals surface area contributed by atoms with E-state index in [1.54, 1.807) is 15.8 Å². The fraction of sp³-hybridized carbons (Fsp3) is 0.207. The molecule has 194 valence electrons. The Balaban J connectivity index is 1.53. The molecule has 1 aromatic heterocycles. The van der Waals surface area contributed by atoms with Crippen LogP contribution in [-0.4, -0.2) is 51.0 Å². The average Bonchev–Trinajstić information content (AvgIpc) is 3.54. The van der Waals surface area contributed by atoms with Gasteiger partial charge in [-0.15, -0.1) is 0 Å². The number of aromatic nitrogens is 2. The minimum Gasteiger partial charge on any atom is -0.465 e. The zero-order valence-corrected chi connectivity index (χ0v) is 21.0.